The molecule has 3 heteroatoms. The van der Waals surface area contributed by atoms with Crippen molar-refractivity contribution < 1.29 is 9.47 Å². The summed E-state index contributed by atoms with van der Waals surface area (Å²) < 4.78 is 10.9. The Morgan fingerprint density at radius 3 is 2.38 bits per heavy atom. The van der Waals surface area contributed by atoms with Crippen LogP contribution in [0, 0.1) is 5.41 Å². The second kappa shape index (κ2) is 5.99. The molecule has 0 amide bonds. The van der Waals surface area contributed by atoms with Crippen molar-refractivity contribution in [1.82, 2.24) is 0 Å². The van der Waals surface area contributed by atoms with Gasteiger partial charge in [-0.25, -0.2) is 0 Å². The predicted octanol–water partition coefficient (Wildman–Crippen LogP) is 2.60. The highest BCUT2D eigenvalue weighted by atomic mass is 79.9. The number of hydrogen-bond donors (Lipinski definition) is 0. The van der Waals surface area contributed by atoms with Gasteiger partial charge in [0.05, 0.1) is 19.8 Å². The van der Waals surface area contributed by atoms with Crippen LogP contribution in [0.3, 0.4) is 0 Å². The average Bonchev–Trinajstić information content (AvgIpc) is 2.92. The van der Waals surface area contributed by atoms with E-state index < -0.39 is 0 Å². The van der Waals surface area contributed by atoms with Crippen molar-refractivity contribution in [2.24, 2.45) is 5.41 Å². The first-order valence-electron chi connectivity index (χ1n) is 5.04. The molecule has 0 aromatic carbocycles. The highest BCUT2D eigenvalue weighted by molar-refractivity contribution is 9.09. The van der Waals surface area contributed by atoms with Crippen molar-refractivity contribution in [3.63, 3.8) is 0 Å². The molecule has 0 atom stereocenters. The smallest absolute Gasteiger partial charge is 0.0700 e. The zero-order valence-corrected chi connectivity index (χ0v) is 9.94. The first kappa shape index (κ1) is 11.5. The molecule has 2 nitrogen and oxygen atoms in total. The lowest BCUT2D eigenvalue weighted by molar-refractivity contribution is 0.0328. The summed E-state index contributed by atoms with van der Waals surface area (Å²) in [5.41, 5.74) is 0.477. The van der Waals surface area contributed by atoms with E-state index in [1.807, 2.05) is 0 Å². The monoisotopic (exact) mass is 250 g/mol. The molecule has 1 aliphatic carbocycles. The topological polar surface area (TPSA) is 18.5 Å². The highest BCUT2D eigenvalue weighted by Crippen LogP contribution is 2.47. The lowest BCUT2D eigenvalue weighted by Crippen LogP contribution is -2.14. The van der Waals surface area contributed by atoms with Crippen LogP contribution in [0.1, 0.15) is 26.2 Å². The van der Waals surface area contributed by atoms with Crippen molar-refractivity contribution in [3.05, 3.63) is 0 Å². The van der Waals surface area contributed by atoms with E-state index >= 15 is 0 Å². The number of halogens is 1. The molecule has 0 spiro atoms. The Bertz CT molecular complexity index is 135. The minimum atomic E-state index is 0.477. The molecular weight excluding hydrogens is 232 g/mol. The SMILES string of the molecule is CCCOCCOCC1(CBr)CC1. The predicted molar refractivity (Wildman–Crippen MR) is 57.4 cm³/mol. The van der Waals surface area contributed by atoms with E-state index in [1.54, 1.807) is 0 Å². The fourth-order valence-corrected chi connectivity index (χ4v) is 1.87. The third-order valence-corrected chi connectivity index (χ3v) is 3.56. The van der Waals surface area contributed by atoms with E-state index in [1.165, 1.54) is 12.8 Å². The summed E-state index contributed by atoms with van der Waals surface area (Å²) in [4.78, 5) is 0. The Morgan fingerprint density at radius 2 is 1.85 bits per heavy atom. The highest BCUT2D eigenvalue weighted by Gasteiger charge is 2.41. The molecule has 0 aromatic rings. The maximum absolute atomic E-state index is 5.54. The summed E-state index contributed by atoms with van der Waals surface area (Å²) in [6, 6.07) is 0. The fraction of sp³-hybridized carbons (Fsp3) is 1.00. The second-order valence-corrected chi connectivity index (χ2v) is 4.36. The third-order valence-electron chi connectivity index (χ3n) is 2.37. The van der Waals surface area contributed by atoms with Crippen LogP contribution < -0.4 is 0 Å². The van der Waals surface area contributed by atoms with Crippen LogP contribution in [0.15, 0.2) is 0 Å². The standard InChI is InChI=1S/C10H19BrO2/c1-2-5-12-6-7-13-9-10(8-11)3-4-10/h2-9H2,1H3. The van der Waals surface area contributed by atoms with Crippen LogP contribution in [0.4, 0.5) is 0 Å². The molecule has 0 heterocycles. The van der Waals surface area contributed by atoms with Gasteiger partial charge >= 0.3 is 0 Å². The molecule has 0 N–H and O–H groups in total. The quantitative estimate of drug-likeness (QED) is 0.487. The summed E-state index contributed by atoms with van der Waals surface area (Å²) in [6.45, 7) is 5.35. The lowest BCUT2D eigenvalue weighted by atomic mass is 10.2. The molecule has 1 fully saturated rings. The minimum absolute atomic E-state index is 0.477. The van der Waals surface area contributed by atoms with Crippen LogP contribution in [0.5, 0.6) is 0 Å². The van der Waals surface area contributed by atoms with Gasteiger partial charge < -0.3 is 9.47 Å². The molecule has 1 aliphatic rings. The first-order valence-corrected chi connectivity index (χ1v) is 6.16. The molecule has 0 bridgehead atoms. The number of rotatable bonds is 8. The van der Waals surface area contributed by atoms with Crippen LogP contribution >= 0.6 is 15.9 Å². The molecule has 78 valence electrons. The van der Waals surface area contributed by atoms with Crippen LogP contribution in [-0.2, 0) is 9.47 Å². The molecule has 1 rings (SSSR count). The summed E-state index contributed by atoms with van der Waals surface area (Å²) in [5.74, 6) is 0. The van der Waals surface area contributed by atoms with E-state index in [2.05, 4.69) is 22.9 Å². The lowest BCUT2D eigenvalue weighted by Gasteiger charge is -2.11. The Kier molecular flexibility index (Phi) is 5.29. The maximum atomic E-state index is 5.54. The minimum Gasteiger partial charge on any atom is -0.379 e. The van der Waals surface area contributed by atoms with E-state index in [0.717, 1.165) is 38.2 Å². The number of ether oxygens (including phenoxy) is 2. The van der Waals surface area contributed by atoms with Crippen molar-refractivity contribution >= 4 is 15.9 Å². The maximum Gasteiger partial charge on any atom is 0.0700 e. The largest absolute Gasteiger partial charge is 0.379 e. The summed E-state index contributed by atoms with van der Waals surface area (Å²) in [5, 5.41) is 1.08. The van der Waals surface area contributed by atoms with Crippen molar-refractivity contribution in [1.29, 1.82) is 0 Å². The Balaban J connectivity index is 1.84. The van der Waals surface area contributed by atoms with Gasteiger partial charge in [0, 0.05) is 17.4 Å². The molecule has 0 aromatic heterocycles. The van der Waals surface area contributed by atoms with Crippen molar-refractivity contribution in [2.45, 2.75) is 26.2 Å². The summed E-state index contributed by atoms with van der Waals surface area (Å²) in [7, 11) is 0. The van der Waals surface area contributed by atoms with Gasteiger partial charge in [0.25, 0.3) is 0 Å². The van der Waals surface area contributed by atoms with Crippen molar-refractivity contribution in [3.8, 4) is 0 Å². The van der Waals surface area contributed by atoms with Gasteiger partial charge in [-0.2, -0.15) is 0 Å². The van der Waals surface area contributed by atoms with Gasteiger partial charge in [-0.3, -0.25) is 0 Å². The van der Waals surface area contributed by atoms with Crippen molar-refractivity contribution in [2.75, 3.05) is 31.8 Å². The molecule has 0 saturated heterocycles. The molecular formula is C10H19BrO2. The fourth-order valence-electron chi connectivity index (χ4n) is 1.15. The molecule has 0 unspecified atom stereocenters. The Hall–Kier alpha value is 0.400. The second-order valence-electron chi connectivity index (χ2n) is 3.80. The zero-order valence-electron chi connectivity index (χ0n) is 8.35. The van der Waals surface area contributed by atoms with Crippen LogP contribution in [-0.4, -0.2) is 31.8 Å². The molecule has 13 heavy (non-hydrogen) atoms. The average molecular weight is 251 g/mol. The van der Waals surface area contributed by atoms with Crippen LogP contribution in [0.2, 0.25) is 0 Å². The number of alkyl halides is 1. The van der Waals surface area contributed by atoms with Gasteiger partial charge in [-0.1, -0.05) is 22.9 Å². The first-order chi connectivity index (χ1) is 6.33. The van der Waals surface area contributed by atoms with E-state index in [9.17, 15) is 0 Å². The third kappa shape index (κ3) is 4.43. The number of hydrogen-bond acceptors (Lipinski definition) is 2. The van der Waals surface area contributed by atoms with Gasteiger partial charge in [-0.05, 0) is 19.3 Å². The van der Waals surface area contributed by atoms with Gasteiger partial charge in [0.2, 0.25) is 0 Å². The van der Waals surface area contributed by atoms with Crippen LogP contribution in [0.25, 0.3) is 0 Å². The Labute approximate surface area is 89.1 Å². The molecule has 0 radical (unpaired) electrons. The van der Waals surface area contributed by atoms with Gasteiger partial charge in [0.15, 0.2) is 0 Å². The zero-order chi connectivity index (χ0) is 9.57. The van der Waals surface area contributed by atoms with Gasteiger partial charge in [-0.15, -0.1) is 0 Å². The molecule has 1 saturated carbocycles. The van der Waals surface area contributed by atoms with Gasteiger partial charge in [0.1, 0.15) is 0 Å². The molecule has 0 aliphatic heterocycles. The van der Waals surface area contributed by atoms with E-state index in [0.29, 0.717) is 5.41 Å². The summed E-state index contributed by atoms with van der Waals surface area (Å²) >= 11 is 3.52. The van der Waals surface area contributed by atoms with E-state index in [4.69, 9.17) is 9.47 Å². The van der Waals surface area contributed by atoms with E-state index in [-0.39, 0.29) is 0 Å². The summed E-state index contributed by atoms with van der Waals surface area (Å²) in [6.07, 6.45) is 3.72. The Morgan fingerprint density at radius 1 is 1.15 bits per heavy atom. The normalized spacial score (nSPS) is 18.9.